The van der Waals surface area contributed by atoms with Crippen molar-refractivity contribution in [2.75, 3.05) is 19.5 Å². The van der Waals surface area contributed by atoms with Gasteiger partial charge in [-0.25, -0.2) is 4.98 Å². The zero-order chi connectivity index (χ0) is 20.3. The third-order valence-corrected chi connectivity index (χ3v) is 4.64. The first-order chi connectivity index (χ1) is 13.3. The van der Waals surface area contributed by atoms with Crippen molar-refractivity contribution in [1.82, 2.24) is 4.98 Å². The predicted molar refractivity (Wildman–Crippen MR) is 100 cm³/mol. The fraction of sp³-hybridized carbons (Fsp3) is 0.158. The standard InChI is InChI=1S/C19H15F3N2O3S/c1-26-15-8-7-11(9-16(15)27-2)14-10-28-18(23-14)24-17(25)12-5-3-4-6-13(12)19(20,21)22/h3-10H,1-2H3,(H,23,24,25). The van der Waals surface area contributed by atoms with Gasteiger partial charge in [0, 0.05) is 10.9 Å². The van der Waals surface area contributed by atoms with Crippen LogP contribution in [0.15, 0.2) is 47.8 Å². The Bertz CT molecular complexity index is 1000. The van der Waals surface area contributed by atoms with Gasteiger partial charge in [-0.1, -0.05) is 12.1 Å². The van der Waals surface area contributed by atoms with E-state index in [0.29, 0.717) is 22.8 Å². The Labute approximate surface area is 162 Å². The maximum atomic E-state index is 13.1. The second kappa shape index (κ2) is 7.89. The maximum absolute atomic E-state index is 13.1. The third-order valence-electron chi connectivity index (χ3n) is 3.88. The van der Waals surface area contributed by atoms with Gasteiger partial charge in [-0.3, -0.25) is 10.1 Å². The monoisotopic (exact) mass is 408 g/mol. The van der Waals surface area contributed by atoms with E-state index in [4.69, 9.17) is 9.47 Å². The number of alkyl halides is 3. The molecule has 0 radical (unpaired) electrons. The highest BCUT2D eigenvalue weighted by Crippen LogP contribution is 2.34. The van der Waals surface area contributed by atoms with Crippen molar-refractivity contribution in [2.24, 2.45) is 0 Å². The minimum Gasteiger partial charge on any atom is -0.493 e. The summed E-state index contributed by atoms with van der Waals surface area (Å²) in [6, 6.07) is 9.80. The van der Waals surface area contributed by atoms with Crippen LogP contribution in [0.5, 0.6) is 11.5 Å². The number of thiazole rings is 1. The highest BCUT2D eigenvalue weighted by Gasteiger charge is 2.35. The van der Waals surface area contributed by atoms with E-state index >= 15 is 0 Å². The summed E-state index contributed by atoms with van der Waals surface area (Å²) in [5.74, 6) is 0.192. The Kier molecular flexibility index (Phi) is 5.55. The SMILES string of the molecule is COc1ccc(-c2csc(NC(=O)c3ccccc3C(F)(F)F)n2)cc1OC. The average molecular weight is 408 g/mol. The van der Waals surface area contributed by atoms with E-state index in [-0.39, 0.29) is 5.13 Å². The first-order valence-electron chi connectivity index (χ1n) is 7.99. The van der Waals surface area contributed by atoms with Gasteiger partial charge >= 0.3 is 6.18 Å². The Morgan fingerprint density at radius 3 is 2.46 bits per heavy atom. The molecule has 5 nitrogen and oxygen atoms in total. The second-order valence-corrected chi connectivity index (χ2v) is 6.46. The van der Waals surface area contributed by atoms with Gasteiger partial charge in [-0.2, -0.15) is 13.2 Å². The lowest BCUT2D eigenvalue weighted by Crippen LogP contribution is -2.18. The smallest absolute Gasteiger partial charge is 0.417 e. The Morgan fingerprint density at radius 2 is 1.79 bits per heavy atom. The third kappa shape index (κ3) is 4.09. The Hall–Kier alpha value is -3.07. The lowest BCUT2D eigenvalue weighted by Gasteiger charge is -2.11. The molecule has 3 aromatic rings. The molecule has 0 aliphatic carbocycles. The summed E-state index contributed by atoms with van der Waals surface area (Å²) in [6.45, 7) is 0. The van der Waals surface area contributed by atoms with Gasteiger partial charge < -0.3 is 9.47 Å². The van der Waals surface area contributed by atoms with E-state index in [2.05, 4.69) is 10.3 Å². The molecule has 0 aliphatic heterocycles. The van der Waals surface area contributed by atoms with Crippen LogP contribution in [0.2, 0.25) is 0 Å². The number of halogens is 3. The summed E-state index contributed by atoms with van der Waals surface area (Å²) in [5.41, 5.74) is -0.197. The van der Waals surface area contributed by atoms with Crippen LogP contribution in [-0.4, -0.2) is 25.1 Å². The number of nitrogens with one attached hydrogen (secondary N) is 1. The molecule has 0 bridgehead atoms. The fourth-order valence-corrected chi connectivity index (χ4v) is 3.27. The van der Waals surface area contributed by atoms with Crippen molar-refractivity contribution in [3.05, 3.63) is 59.0 Å². The number of nitrogens with zero attached hydrogens (tertiary/aromatic N) is 1. The van der Waals surface area contributed by atoms with E-state index in [9.17, 15) is 18.0 Å². The number of ether oxygens (including phenoxy) is 2. The predicted octanol–water partition coefficient (Wildman–Crippen LogP) is 5.10. The summed E-state index contributed by atoms with van der Waals surface area (Å²) in [5, 5.41) is 4.30. The first-order valence-corrected chi connectivity index (χ1v) is 8.87. The lowest BCUT2D eigenvalue weighted by molar-refractivity contribution is -0.137. The second-order valence-electron chi connectivity index (χ2n) is 5.61. The molecule has 0 unspecified atom stereocenters. The van der Waals surface area contributed by atoms with Gasteiger partial charge in [0.1, 0.15) is 0 Å². The molecule has 146 valence electrons. The van der Waals surface area contributed by atoms with E-state index in [1.54, 1.807) is 23.6 Å². The van der Waals surface area contributed by atoms with Gasteiger partial charge in [0.05, 0.1) is 31.0 Å². The maximum Gasteiger partial charge on any atom is 0.417 e. The van der Waals surface area contributed by atoms with Crippen LogP contribution in [0, 0.1) is 0 Å². The van der Waals surface area contributed by atoms with Gasteiger partial charge in [0.25, 0.3) is 5.91 Å². The zero-order valence-electron chi connectivity index (χ0n) is 14.8. The van der Waals surface area contributed by atoms with Gasteiger partial charge in [-0.05, 0) is 30.3 Å². The summed E-state index contributed by atoms with van der Waals surface area (Å²) in [4.78, 5) is 16.6. The van der Waals surface area contributed by atoms with Crippen LogP contribution in [0.1, 0.15) is 15.9 Å². The highest BCUT2D eigenvalue weighted by molar-refractivity contribution is 7.14. The number of carbonyl (C=O) groups is 1. The molecule has 0 saturated carbocycles. The van der Waals surface area contributed by atoms with Crippen molar-refractivity contribution in [2.45, 2.75) is 6.18 Å². The minimum atomic E-state index is -4.62. The molecule has 28 heavy (non-hydrogen) atoms. The van der Waals surface area contributed by atoms with E-state index < -0.39 is 23.2 Å². The summed E-state index contributed by atoms with van der Waals surface area (Å²) < 4.78 is 49.7. The zero-order valence-corrected chi connectivity index (χ0v) is 15.6. The van der Waals surface area contributed by atoms with Crippen LogP contribution in [0.3, 0.4) is 0 Å². The van der Waals surface area contributed by atoms with Crippen molar-refractivity contribution >= 4 is 22.4 Å². The molecule has 0 aliphatic rings. The fourth-order valence-electron chi connectivity index (χ4n) is 2.55. The molecule has 3 rings (SSSR count). The summed E-state index contributed by atoms with van der Waals surface area (Å²) >= 11 is 1.11. The van der Waals surface area contributed by atoms with Gasteiger partial charge in [0.15, 0.2) is 16.6 Å². The van der Waals surface area contributed by atoms with Crippen molar-refractivity contribution < 1.29 is 27.4 Å². The van der Waals surface area contributed by atoms with Crippen LogP contribution in [-0.2, 0) is 6.18 Å². The molecule has 2 aromatic carbocycles. The minimum absolute atomic E-state index is 0.187. The number of rotatable bonds is 5. The van der Waals surface area contributed by atoms with Crippen LogP contribution in [0.25, 0.3) is 11.3 Å². The van der Waals surface area contributed by atoms with Crippen molar-refractivity contribution in [3.63, 3.8) is 0 Å². The lowest BCUT2D eigenvalue weighted by atomic mass is 10.1. The highest BCUT2D eigenvalue weighted by atomic mass is 32.1. The topological polar surface area (TPSA) is 60.5 Å². The van der Waals surface area contributed by atoms with Crippen molar-refractivity contribution in [3.8, 4) is 22.8 Å². The van der Waals surface area contributed by atoms with Gasteiger partial charge in [-0.15, -0.1) is 11.3 Å². The van der Waals surface area contributed by atoms with Crippen LogP contribution >= 0.6 is 11.3 Å². The van der Waals surface area contributed by atoms with E-state index in [1.807, 2.05) is 0 Å². The molecule has 0 fully saturated rings. The van der Waals surface area contributed by atoms with Crippen molar-refractivity contribution in [1.29, 1.82) is 0 Å². The summed E-state index contributed by atoms with van der Waals surface area (Å²) in [6.07, 6.45) is -4.62. The number of aromatic nitrogens is 1. The molecule has 1 N–H and O–H groups in total. The van der Waals surface area contributed by atoms with E-state index in [1.165, 1.54) is 26.4 Å². The number of hydrogen-bond donors (Lipinski definition) is 1. The molecule has 1 amide bonds. The Balaban J connectivity index is 1.84. The normalized spacial score (nSPS) is 11.2. The molecule has 9 heteroatoms. The van der Waals surface area contributed by atoms with Crippen LogP contribution < -0.4 is 14.8 Å². The number of carbonyl (C=O) groups excluding carboxylic acids is 1. The Morgan fingerprint density at radius 1 is 1.07 bits per heavy atom. The van der Waals surface area contributed by atoms with Crippen LogP contribution in [0.4, 0.5) is 18.3 Å². The molecular weight excluding hydrogens is 393 g/mol. The molecule has 0 atom stereocenters. The van der Waals surface area contributed by atoms with Gasteiger partial charge in [0.2, 0.25) is 0 Å². The molecule has 0 saturated heterocycles. The van der Waals surface area contributed by atoms with E-state index in [0.717, 1.165) is 23.5 Å². The number of hydrogen-bond acceptors (Lipinski definition) is 5. The molecule has 1 heterocycles. The average Bonchev–Trinajstić information content (AvgIpc) is 3.15. The molecule has 1 aromatic heterocycles. The number of methoxy groups -OCH3 is 2. The summed E-state index contributed by atoms with van der Waals surface area (Å²) in [7, 11) is 3.03. The largest absolute Gasteiger partial charge is 0.493 e. The number of benzene rings is 2. The number of anilines is 1. The molecule has 0 spiro atoms. The quantitative estimate of drug-likeness (QED) is 0.638. The number of amides is 1. The molecular formula is C19H15F3N2O3S. The first kappa shape index (κ1) is 19.7.